The number of hydrogen-bond acceptors (Lipinski definition) is 3. The second-order valence-corrected chi connectivity index (χ2v) is 6.73. The van der Waals surface area contributed by atoms with Gasteiger partial charge in [-0.05, 0) is 25.0 Å². The normalized spacial score (nSPS) is 19.2. The van der Waals surface area contributed by atoms with Crippen LogP contribution in [0.15, 0.2) is 23.2 Å². The van der Waals surface area contributed by atoms with Gasteiger partial charge in [-0.3, -0.25) is 0 Å². The van der Waals surface area contributed by atoms with Crippen LogP contribution in [0.4, 0.5) is 0 Å². The lowest BCUT2D eigenvalue weighted by atomic mass is 10.1. The fourth-order valence-electron chi connectivity index (χ4n) is 2.16. The first-order chi connectivity index (χ1) is 8.62. The highest BCUT2D eigenvalue weighted by Crippen LogP contribution is 2.24. The van der Waals surface area contributed by atoms with E-state index >= 15 is 0 Å². The second-order valence-electron chi connectivity index (χ2n) is 4.46. The monoisotopic (exact) mass is 288 g/mol. The summed E-state index contributed by atoms with van der Waals surface area (Å²) in [5.41, 5.74) is 0. The third-order valence-corrected chi connectivity index (χ3v) is 5.50. The molecule has 0 bridgehead atoms. The van der Waals surface area contributed by atoms with Crippen LogP contribution in [-0.2, 0) is 10.0 Å². The van der Waals surface area contributed by atoms with Crippen molar-refractivity contribution in [1.29, 1.82) is 0 Å². The van der Waals surface area contributed by atoms with Gasteiger partial charge in [0, 0.05) is 19.3 Å². The molecule has 1 saturated heterocycles. The molecule has 0 atom stereocenters. The second kappa shape index (κ2) is 5.99. The van der Waals surface area contributed by atoms with E-state index in [2.05, 4.69) is 4.98 Å². The molecule has 18 heavy (non-hydrogen) atoms. The van der Waals surface area contributed by atoms with Crippen molar-refractivity contribution in [3.63, 3.8) is 0 Å². The van der Waals surface area contributed by atoms with Gasteiger partial charge >= 0.3 is 0 Å². The lowest BCUT2D eigenvalue weighted by molar-refractivity contribution is 0.364. The zero-order valence-corrected chi connectivity index (χ0v) is 11.8. The highest BCUT2D eigenvalue weighted by Gasteiger charge is 2.26. The number of hydrogen-bond donors (Lipinski definition) is 0. The number of sulfonamides is 1. The Morgan fingerprint density at radius 1 is 1.11 bits per heavy atom. The van der Waals surface area contributed by atoms with E-state index in [1.54, 1.807) is 6.07 Å². The van der Waals surface area contributed by atoms with E-state index in [0.29, 0.717) is 13.1 Å². The molecular weight excluding hydrogens is 272 g/mol. The number of rotatable bonds is 2. The molecule has 1 aromatic heterocycles. The Bertz CT molecular complexity index is 497. The topological polar surface area (TPSA) is 50.3 Å². The Balaban J connectivity index is 2.26. The number of halogens is 1. The molecule has 100 valence electrons. The van der Waals surface area contributed by atoms with Crippen LogP contribution in [0.25, 0.3) is 0 Å². The highest BCUT2D eigenvalue weighted by atomic mass is 35.5. The minimum absolute atomic E-state index is 0.0551. The van der Waals surface area contributed by atoms with Crippen LogP contribution in [-0.4, -0.2) is 30.8 Å². The molecule has 1 fully saturated rings. The van der Waals surface area contributed by atoms with E-state index in [1.807, 2.05) is 0 Å². The third kappa shape index (κ3) is 3.02. The summed E-state index contributed by atoms with van der Waals surface area (Å²) in [4.78, 5) is 3.96. The summed E-state index contributed by atoms with van der Waals surface area (Å²) in [5.74, 6) is 0. The van der Waals surface area contributed by atoms with Gasteiger partial charge in [-0.1, -0.05) is 30.9 Å². The maximum absolute atomic E-state index is 12.5. The summed E-state index contributed by atoms with van der Waals surface area (Å²) in [7, 11) is -3.49. The predicted molar refractivity (Wildman–Crippen MR) is 71.1 cm³/mol. The van der Waals surface area contributed by atoms with Crippen LogP contribution in [0.2, 0.25) is 5.15 Å². The minimum atomic E-state index is -3.49. The van der Waals surface area contributed by atoms with Gasteiger partial charge in [0.25, 0.3) is 0 Å². The highest BCUT2D eigenvalue weighted by molar-refractivity contribution is 7.89. The van der Waals surface area contributed by atoms with Crippen molar-refractivity contribution in [2.45, 2.75) is 37.0 Å². The average molecular weight is 289 g/mol. The molecule has 2 heterocycles. The molecule has 0 radical (unpaired) electrons. The van der Waals surface area contributed by atoms with Crippen molar-refractivity contribution < 1.29 is 8.42 Å². The van der Waals surface area contributed by atoms with Gasteiger partial charge in [0.1, 0.15) is 10.0 Å². The molecule has 0 aliphatic carbocycles. The van der Waals surface area contributed by atoms with E-state index in [-0.39, 0.29) is 10.0 Å². The molecule has 0 amide bonds. The SMILES string of the molecule is O=S(=O)(c1cccnc1Cl)N1CCCCCCC1. The molecule has 1 aliphatic rings. The van der Waals surface area contributed by atoms with Crippen LogP contribution >= 0.6 is 11.6 Å². The molecule has 0 unspecified atom stereocenters. The Labute approximate surface area is 113 Å². The Morgan fingerprint density at radius 2 is 1.72 bits per heavy atom. The lowest BCUT2D eigenvalue weighted by Gasteiger charge is -2.24. The zero-order valence-electron chi connectivity index (χ0n) is 10.2. The number of nitrogens with zero attached hydrogens (tertiary/aromatic N) is 2. The van der Waals surface area contributed by atoms with Crippen molar-refractivity contribution in [3.8, 4) is 0 Å². The Hall–Kier alpha value is -0.650. The molecule has 1 aliphatic heterocycles. The molecule has 6 heteroatoms. The predicted octanol–water partition coefficient (Wildman–Crippen LogP) is 2.69. The summed E-state index contributed by atoms with van der Waals surface area (Å²) in [6, 6.07) is 3.12. The largest absolute Gasteiger partial charge is 0.246 e. The fraction of sp³-hybridized carbons (Fsp3) is 0.583. The van der Waals surface area contributed by atoms with E-state index in [0.717, 1.165) is 25.7 Å². The van der Waals surface area contributed by atoms with Crippen LogP contribution in [0.1, 0.15) is 32.1 Å². The molecule has 0 aromatic carbocycles. The molecule has 0 N–H and O–H groups in total. The van der Waals surface area contributed by atoms with Crippen molar-refractivity contribution in [3.05, 3.63) is 23.5 Å². The third-order valence-electron chi connectivity index (χ3n) is 3.16. The average Bonchev–Trinajstić information content (AvgIpc) is 2.28. The van der Waals surface area contributed by atoms with Crippen molar-refractivity contribution in [2.24, 2.45) is 0 Å². The fourth-order valence-corrected chi connectivity index (χ4v) is 4.11. The maximum atomic E-state index is 12.5. The molecule has 1 aromatic rings. The lowest BCUT2D eigenvalue weighted by Crippen LogP contribution is -2.34. The van der Waals surface area contributed by atoms with E-state index in [4.69, 9.17) is 11.6 Å². The first-order valence-electron chi connectivity index (χ1n) is 6.23. The molecule has 4 nitrogen and oxygen atoms in total. The number of aromatic nitrogens is 1. The van der Waals surface area contributed by atoms with Crippen molar-refractivity contribution in [2.75, 3.05) is 13.1 Å². The molecule has 0 spiro atoms. The first-order valence-corrected chi connectivity index (χ1v) is 8.05. The summed E-state index contributed by atoms with van der Waals surface area (Å²) in [6.45, 7) is 1.15. The molecule has 0 saturated carbocycles. The minimum Gasteiger partial charge on any atom is -0.243 e. The standard InChI is InChI=1S/C12H17ClN2O2S/c13-12-11(7-6-8-14-12)18(16,17)15-9-4-2-1-3-5-10-15/h6-8H,1-5,9-10H2. The van der Waals surface area contributed by atoms with E-state index in [1.165, 1.54) is 23.0 Å². The number of pyridine rings is 1. The van der Waals surface area contributed by atoms with E-state index in [9.17, 15) is 8.42 Å². The van der Waals surface area contributed by atoms with Crippen LogP contribution < -0.4 is 0 Å². The van der Waals surface area contributed by atoms with Crippen molar-refractivity contribution >= 4 is 21.6 Å². The smallest absolute Gasteiger partial charge is 0.243 e. The first kappa shape index (κ1) is 13.8. The van der Waals surface area contributed by atoms with Gasteiger partial charge in [0.15, 0.2) is 0 Å². The van der Waals surface area contributed by atoms with Gasteiger partial charge in [0.2, 0.25) is 10.0 Å². The summed E-state index contributed by atoms with van der Waals surface area (Å²) < 4.78 is 26.5. The van der Waals surface area contributed by atoms with Gasteiger partial charge in [-0.15, -0.1) is 0 Å². The molecular formula is C12H17ClN2O2S. The van der Waals surface area contributed by atoms with E-state index < -0.39 is 10.0 Å². The van der Waals surface area contributed by atoms with Crippen molar-refractivity contribution in [1.82, 2.24) is 9.29 Å². The Morgan fingerprint density at radius 3 is 2.33 bits per heavy atom. The Kier molecular flexibility index (Phi) is 4.59. The summed E-state index contributed by atoms with van der Waals surface area (Å²) in [6.07, 6.45) is 6.70. The quantitative estimate of drug-likeness (QED) is 0.786. The van der Waals surface area contributed by atoms with Gasteiger partial charge in [-0.25, -0.2) is 13.4 Å². The van der Waals surface area contributed by atoms with Crippen LogP contribution in [0.5, 0.6) is 0 Å². The molecule has 2 rings (SSSR count). The van der Waals surface area contributed by atoms with Gasteiger partial charge < -0.3 is 0 Å². The van der Waals surface area contributed by atoms with Crippen LogP contribution in [0.3, 0.4) is 0 Å². The maximum Gasteiger partial charge on any atom is 0.246 e. The van der Waals surface area contributed by atoms with Crippen LogP contribution in [0, 0.1) is 0 Å². The summed E-state index contributed by atoms with van der Waals surface area (Å²) in [5, 5.41) is 0.0551. The zero-order chi connectivity index (χ0) is 13.0. The van der Waals surface area contributed by atoms with Gasteiger partial charge in [-0.2, -0.15) is 4.31 Å². The summed E-state index contributed by atoms with van der Waals surface area (Å²) >= 11 is 5.88. The van der Waals surface area contributed by atoms with Gasteiger partial charge in [0.05, 0.1) is 0 Å².